The number of halogens is 1. The normalized spacial score (nSPS) is 22.0. The van der Waals surface area contributed by atoms with Crippen LogP contribution in [-0.4, -0.2) is 36.6 Å². The first-order valence-corrected chi connectivity index (χ1v) is 10.3. The van der Waals surface area contributed by atoms with E-state index in [-0.39, 0.29) is 0 Å². The first-order chi connectivity index (χ1) is 12.6. The Labute approximate surface area is 163 Å². The summed E-state index contributed by atoms with van der Waals surface area (Å²) in [6.07, 6.45) is 13.5. The molecule has 1 saturated heterocycles. The van der Waals surface area contributed by atoms with Gasteiger partial charge >= 0.3 is 0 Å². The number of nitrogens with zero attached hydrogens (tertiary/aromatic N) is 2. The SMILES string of the molecule is CC1=CC(c2ccnc(OCCCCC3CCN(C)CC3)c2)CC=C1Cl. The van der Waals surface area contributed by atoms with Crippen molar-refractivity contribution in [2.45, 2.75) is 51.4 Å². The minimum absolute atomic E-state index is 0.368. The first kappa shape index (κ1) is 19.4. The van der Waals surface area contributed by atoms with Crippen molar-refractivity contribution in [3.05, 3.63) is 46.7 Å². The van der Waals surface area contributed by atoms with Crippen molar-refractivity contribution in [3.8, 4) is 5.88 Å². The van der Waals surface area contributed by atoms with Crippen molar-refractivity contribution in [3.63, 3.8) is 0 Å². The number of ether oxygens (including phenoxy) is 1. The van der Waals surface area contributed by atoms with Crippen LogP contribution in [0.25, 0.3) is 0 Å². The number of aromatic nitrogens is 1. The van der Waals surface area contributed by atoms with Gasteiger partial charge in [-0.2, -0.15) is 0 Å². The Balaban J connectivity index is 1.40. The van der Waals surface area contributed by atoms with Gasteiger partial charge in [0.15, 0.2) is 0 Å². The summed E-state index contributed by atoms with van der Waals surface area (Å²) in [5, 5.41) is 0.872. The molecule has 1 unspecified atom stereocenters. The van der Waals surface area contributed by atoms with Gasteiger partial charge in [-0.15, -0.1) is 0 Å². The molecule has 1 aliphatic heterocycles. The molecule has 1 aromatic rings. The maximum absolute atomic E-state index is 6.17. The zero-order valence-corrected chi connectivity index (χ0v) is 16.8. The monoisotopic (exact) mass is 374 g/mol. The van der Waals surface area contributed by atoms with Gasteiger partial charge < -0.3 is 9.64 Å². The van der Waals surface area contributed by atoms with E-state index in [4.69, 9.17) is 16.3 Å². The van der Waals surface area contributed by atoms with Gasteiger partial charge in [0.05, 0.1) is 6.61 Å². The van der Waals surface area contributed by atoms with Gasteiger partial charge in [0.2, 0.25) is 5.88 Å². The average Bonchev–Trinajstić information content (AvgIpc) is 2.65. The van der Waals surface area contributed by atoms with E-state index >= 15 is 0 Å². The Morgan fingerprint density at radius 3 is 2.85 bits per heavy atom. The molecule has 26 heavy (non-hydrogen) atoms. The zero-order valence-electron chi connectivity index (χ0n) is 16.1. The van der Waals surface area contributed by atoms with Crippen molar-refractivity contribution >= 4 is 11.6 Å². The molecule has 0 bridgehead atoms. The summed E-state index contributed by atoms with van der Waals surface area (Å²) in [5.41, 5.74) is 2.40. The second-order valence-electron chi connectivity index (χ2n) is 7.76. The fourth-order valence-electron chi connectivity index (χ4n) is 3.87. The lowest BCUT2D eigenvalue weighted by Crippen LogP contribution is -2.30. The summed E-state index contributed by atoms with van der Waals surface area (Å²) in [4.78, 5) is 6.81. The Bertz CT molecular complexity index is 647. The number of hydrogen-bond acceptors (Lipinski definition) is 3. The third-order valence-corrected chi connectivity index (χ3v) is 6.11. The van der Waals surface area contributed by atoms with Crippen LogP contribution in [0, 0.1) is 5.92 Å². The zero-order chi connectivity index (χ0) is 18.4. The van der Waals surface area contributed by atoms with Gasteiger partial charge in [0, 0.05) is 23.2 Å². The molecule has 0 spiro atoms. The molecule has 3 rings (SSSR count). The van der Waals surface area contributed by atoms with E-state index < -0.39 is 0 Å². The predicted octanol–water partition coefficient (Wildman–Crippen LogP) is 5.53. The van der Waals surface area contributed by atoms with E-state index in [1.54, 1.807) is 0 Å². The van der Waals surface area contributed by atoms with Crippen molar-refractivity contribution < 1.29 is 4.74 Å². The van der Waals surface area contributed by atoms with Crippen molar-refractivity contribution in [1.29, 1.82) is 0 Å². The molecule has 2 heterocycles. The van der Waals surface area contributed by atoms with Gasteiger partial charge in [-0.1, -0.05) is 30.2 Å². The number of allylic oxidation sites excluding steroid dienone is 4. The Kier molecular flexibility index (Phi) is 7.15. The van der Waals surface area contributed by atoms with Crippen LogP contribution in [0.4, 0.5) is 0 Å². The van der Waals surface area contributed by atoms with Gasteiger partial charge in [0.1, 0.15) is 0 Å². The molecule has 0 aromatic carbocycles. The third kappa shape index (κ3) is 5.59. The highest BCUT2D eigenvalue weighted by molar-refractivity contribution is 6.32. The number of hydrogen-bond donors (Lipinski definition) is 0. The summed E-state index contributed by atoms with van der Waals surface area (Å²) < 4.78 is 5.91. The van der Waals surface area contributed by atoms with Crippen molar-refractivity contribution in [2.24, 2.45) is 5.92 Å². The predicted molar refractivity (Wildman–Crippen MR) is 109 cm³/mol. The highest BCUT2D eigenvalue weighted by atomic mass is 35.5. The van der Waals surface area contributed by atoms with Crippen LogP contribution < -0.4 is 4.74 Å². The molecular weight excluding hydrogens is 344 g/mol. The lowest BCUT2D eigenvalue weighted by atomic mass is 9.90. The average molecular weight is 375 g/mol. The second-order valence-corrected chi connectivity index (χ2v) is 8.17. The largest absolute Gasteiger partial charge is 0.478 e. The molecule has 0 saturated carbocycles. The fraction of sp³-hybridized carbons (Fsp3) is 0.591. The maximum atomic E-state index is 6.17. The van der Waals surface area contributed by atoms with Gasteiger partial charge in [0.25, 0.3) is 0 Å². The molecule has 0 radical (unpaired) electrons. The van der Waals surface area contributed by atoms with Gasteiger partial charge in [-0.25, -0.2) is 4.98 Å². The van der Waals surface area contributed by atoms with E-state index in [0.29, 0.717) is 5.92 Å². The Hall–Kier alpha value is -1.32. The number of pyridine rings is 1. The molecule has 2 aliphatic rings. The highest BCUT2D eigenvalue weighted by Crippen LogP contribution is 2.32. The molecular formula is C22H31ClN2O. The first-order valence-electron chi connectivity index (χ1n) is 9.93. The number of rotatable bonds is 7. The van der Waals surface area contributed by atoms with E-state index in [0.717, 1.165) is 41.9 Å². The highest BCUT2D eigenvalue weighted by Gasteiger charge is 2.16. The van der Waals surface area contributed by atoms with E-state index in [9.17, 15) is 0 Å². The molecule has 4 heteroatoms. The van der Waals surface area contributed by atoms with Crippen LogP contribution in [0.3, 0.4) is 0 Å². The summed E-state index contributed by atoms with van der Waals surface area (Å²) in [6, 6.07) is 4.16. The van der Waals surface area contributed by atoms with Crippen LogP contribution in [0.15, 0.2) is 41.1 Å². The second kappa shape index (κ2) is 9.57. The van der Waals surface area contributed by atoms with Gasteiger partial charge in [-0.05, 0) is 82.3 Å². The fourth-order valence-corrected chi connectivity index (χ4v) is 4.02. The van der Waals surface area contributed by atoms with E-state index in [1.165, 1.54) is 44.3 Å². The molecule has 1 atom stereocenters. The lowest BCUT2D eigenvalue weighted by molar-refractivity contribution is 0.205. The maximum Gasteiger partial charge on any atom is 0.213 e. The van der Waals surface area contributed by atoms with Crippen LogP contribution >= 0.6 is 11.6 Å². The summed E-state index contributed by atoms with van der Waals surface area (Å²) in [6.45, 7) is 5.34. The molecule has 1 aliphatic carbocycles. The summed E-state index contributed by atoms with van der Waals surface area (Å²) in [5.74, 6) is 2.02. The molecule has 3 nitrogen and oxygen atoms in total. The van der Waals surface area contributed by atoms with E-state index in [2.05, 4.69) is 48.1 Å². The van der Waals surface area contributed by atoms with Crippen molar-refractivity contribution in [2.75, 3.05) is 26.7 Å². The van der Waals surface area contributed by atoms with Crippen LogP contribution in [0.5, 0.6) is 5.88 Å². The van der Waals surface area contributed by atoms with Crippen molar-refractivity contribution in [1.82, 2.24) is 9.88 Å². The topological polar surface area (TPSA) is 25.4 Å². The standard InChI is InChI=1S/C22H31ClN2O/c1-17-15-19(6-7-21(17)23)20-8-11-24-22(16-20)26-14-4-3-5-18-9-12-25(2)13-10-18/h7-8,11,15-16,18-19H,3-6,9-10,12-14H2,1-2H3. The molecule has 142 valence electrons. The molecule has 1 aromatic heterocycles. The number of piperidine rings is 1. The van der Waals surface area contributed by atoms with Gasteiger partial charge in [-0.3, -0.25) is 0 Å². The van der Waals surface area contributed by atoms with Crippen LogP contribution in [0.1, 0.15) is 56.9 Å². The minimum atomic E-state index is 0.368. The van der Waals surface area contributed by atoms with E-state index in [1.807, 2.05) is 6.20 Å². The quantitative estimate of drug-likeness (QED) is 0.587. The molecule has 0 amide bonds. The third-order valence-electron chi connectivity index (χ3n) is 5.66. The smallest absolute Gasteiger partial charge is 0.213 e. The minimum Gasteiger partial charge on any atom is -0.478 e. The molecule has 0 N–H and O–H groups in total. The number of unbranched alkanes of at least 4 members (excludes halogenated alkanes) is 1. The Morgan fingerprint density at radius 1 is 1.27 bits per heavy atom. The molecule has 1 fully saturated rings. The Morgan fingerprint density at radius 2 is 2.08 bits per heavy atom. The summed E-state index contributed by atoms with van der Waals surface area (Å²) in [7, 11) is 2.22. The number of likely N-dealkylation sites (tertiary alicyclic amines) is 1. The summed E-state index contributed by atoms with van der Waals surface area (Å²) >= 11 is 6.17. The lowest BCUT2D eigenvalue weighted by Gasteiger charge is -2.28. The van der Waals surface area contributed by atoms with Crippen LogP contribution in [-0.2, 0) is 0 Å². The van der Waals surface area contributed by atoms with Crippen LogP contribution in [0.2, 0.25) is 0 Å².